The van der Waals surface area contributed by atoms with Gasteiger partial charge in [-0.2, -0.15) is 13.2 Å². The fourth-order valence-electron chi connectivity index (χ4n) is 1.81. The molecular weight excluding hydrogens is 274 g/mol. The molecule has 2 aromatic rings. The van der Waals surface area contributed by atoms with Crippen LogP contribution in [0.5, 0.6) is 0 Å². The van der Waals surface area contributed by atoms with E-state index < -0.39 is 23.7 Å². The lowest BCUT2D eigenvalue weighted by atomic mass is 9.98. The maximum atomic E-state index is 12.8. The van der Waals surface area contributed by atoms with Crippen molar-refractivity contribution in [3.63, 3.8) is 0 Å². The maximum absolute atomic E-state index is 12.8. The molecule has 106 valence electrons. The summed E-state index contributed by atoms with van der Waals surface area (Å²) in [5.41, 5.74) is 4.93. The number of hydrogen-bond acceptors (Lipinski definition) is 2. The topological polar surface area (TPSA) is 46.2 Å². The fourth-order valence-corrected chi connectivity index (χ4v) is 1.81. The molecule has 0 amide bonds. The second-order valence-electron chi connectivity index (χ2n) is 4.30. The Morgan fingerprint density at radius 1 is 1.00 bits per heavy atom. The molecule has 20 heavy (non-hydrogen) atoms. The minimum atomic E-state index is -4.52. The first-order chi connectivity index (χ1) is 9.29. The fraction of sp³-hybridized carbons (Fsp3) is 0.143. The Hall–Kier alpha value is -2.08. The Labute approximate surface area is 112 Å². The molecule has 0 spiro atoms. The number of hydrogen-bond donors (Lipinski definition) is 2. The van der Waals surface area contributed by atoms with Gasteiger partial charge in [0, 0.05) is 11.3 Å². The third-order valence-electron chi connectivity index (χ3n) is 2.89. The van der Waals surface area contributed by atoms with Gasteiger partial charge in [0.25, 0.3) is 0 Å². The van der Waals surface area contributed by atoms with E-state index in [1.54, 1.807) is 0 Å². The molecule has 3 N–H and O–H groups in total. The quantitative estimate of drug-likeness (QED) is 0.655. The zero-order chi connectivity index (χ0) is 14.9. The number of benzene rings is 2. The molecular formula is C14H11F4NO. The Bertz CT molecular complexity index is 608. The van der Waals surface area contributed by atoms with Crippen molar-refractivity contribution in [2.24, 2.45) is 0 Å². The lowest BCUT2D eigenvalue weighted by Crippen LogP contribution is -2.09. The molecule has 1 unspecified atom stereocenters. The van der Waals surface area contributed by atoms with Gasteiger partial charge in [0.05, 0.1) is 5.56 Å². The average Bonchev–Trinajstić information content (AvgIpc) is 2.38. The van der Waals surface area contributed by atoms with Crippen molar-refractivity contribution in [3.8, 4) is 0 Å². The number of alkyl halides is 3. The first-order valence-electron chi connectivity index (χ1n) is 5.69. The monoisotopic (exact) mass is 285 g/mol. The van der Waals surface area contributed by atoms with Gasteiger partial charge in [0.1, 0.15) is 11.9 Å². The summed E-state index contributed by atoms with van der Waals surface area (Å²) >= 11 is 0. The third-order valence-corrected chi connectivity index (χ3v) is 2.89. The highest BCUT2D eigenvalue weighted by atomic mass is 19.4. The first-order valence-corrected chi connectivity index (χ1v) is 5.69. The Morgan fingerprint density at radius 3 is 2.15 bits per heavy atom. The molecule has 1 atom stereocenters. The van der Waals surface area contributed by atoms with Gasteiger partial charge < -0.3 is 10.8 Å². The first kappa shape index (κ1) is 14.3. The van der Waals surface area contributed by atoms with Crippen LogP contribution in [0.1, 0.15) is 22.8 Å². The Kier molecular flexibility index (Phi) is 3.67. The van der Waals surface area contributed by atoms with Crippen LogP contribution in [0.15, 0.2) is 42.5 Å². The molecule has 0 saturated carbocycles. The molecule has 0 aliphatic heterocycles. The predicted octanol–water partition coefficient (Wildman–Crippen LogP) is 3.51. The second-order valence-corrected chi connectivity index (χ2v) is 4.30. The van der Waals surface area contributed by atoms with E-state index in [1.807, 2.05) is 0 Å². The van der Waals surface area contributed by atoms with Gasteiger partial charge in [0.15, 0.2) is 0 Å². The molecule has 2 nitrogen and oxygen atoms in total. The summed E-state index contributed by atoms with van der Waals surface area (Å²) in [6.07, 6.45) is -5.87. The molecule has 0 radical (unpaired) electrons. The Morgan fingerprint density at radius 2 is 1.60 bits per heavy atom. The van der Waals surface area contributed by atoms with Gasteiger partial charge in [-0.1, -0.05) is 12.1 Å². The summed E-state index contributed by atoms with van der Waals surface area (Å²) in [6, 6.07) is 7.54. The van der Waals surface area contributed by atoms with Gasteiger partial charge in [-0.3, -0.25) is 0 Å². The van der Waals surface area contributed by atoms with Gasteiger partial charge in [-0.05, 0) is 35.9 Å². The molecule has 0 aromatic heterocycles. The number of aliphatic hydroxyl groups excluding tert-OH is 1. The summed E-state index contributed by atoms with van der Waals surface area (Å²) in [7, 11) is 0. The van der Waals surface area contributed by atoms with E-state index in [-0.39, 0.29) is 16.8 Å². The molecule has 0 saturated heterocycles. The zero-order valence-corrected chi connectivity index (χ0v) is 10.2. The molecule has 2 rings (SSSR count). The number of halogens is 4. The number of anilines is 1. The van der Waals surface area contributed by atoms with E-state index in [0.717, 1.165) is 30.3 Å². The van der Waals surface area contributed by atoms with E-state index >= 15 is 0 Å². The van der Waals surface area contributed by atoms with Gasteiger partial charge >= 0.3 is 6.18 Å². The number of rotatable bonds is 2. The van der Waals surface area contributed by atoms with E-state index in [4.69, 9.17) is 5.73 Å². The SMILES string of the molecule is Nc1ccc(C(F)(F)F)cc1C(O)c1ccc(F)cc1. The molecule has 0 aliphatic rings. The van der Waals surface area contributed by atoms with Crippen molar-refractivity contribution >= 4 is 5.69 Å². The van der Waals surface area contributed by atoms with Crippen LogP contribution in [-0.2, 0) is 6.18 Å². The van der Waals surface area contributed by atoms with Crippen molar-refractivity contribution in [2.45, 2.75) is 12.3 Å². The van der Waals surface area contributed by atoms with Crippen LogP contribution in [0.4, 0.5) is 23.2 Å². The van der Waals surface area contributed by atoms with E-state index in [1.165, 1.54) is 12.1 Å². The van der Waals surface area contributed by atoms with Crippen LogP contribution in [0.25, 0.3) is 0 Å². The zero-order valence-electron chi connectivity index (χ0n) is 10.2. The summed E-state index contributed by atoms with van der Waals surface area (Å²) in [6.45, 7) is 0. The predicted molar refractivity (Wildman–Crippen MR) is 66.3 cm³/mol. The number of nitrogen functional groups attached to an aromatic ring is 1. The highest BCUT2D eigenvalue weighted by molar-refractivity contribution is 5.52. The van der Waals surface area contributed by atoms with Gasteiger partial charge in [-0.25, -0.2) is 4.39 Å². The maximum Gasteiger partial charge on any atom is 0.416 e. The third kappa shape index (κ3) is 2.91. The smallest absolute Gasteiger partial charge is 0.398 e. The van der Waals surface area contributed by atoms with Crippen LogP contribution in [0, 0.1) is 5.82 Å². The van der Waals surface area contributed by atoms with Crippen LogP contribution in [-0.4, -0.2) is 5.11 Å². The largest absolute Gasteiger partial charge is 0.416 e. The minimum Gasteiger partial charge on any atom is -0.398 e. The van der Waals surface area contributed by atoms with Crippen molar-refractivity contribution in [2.75, 3.05) is 5.73 Å². The van der Waals surface area contributed by atoms with Crippen molar-refractivity contribution in [1.29, 1.82) is 0 Å². The molecule has 0 heterocycles. The number of aliphatic hydroxyl groups is 1. The summed E-state index contributed by atoms with van der Waals surface area (Å²) < 4.78 is 50.7. The normalized spacial score (nSPS) is 13.2. The lowest BCUT2D eigenvalue weighted by molar-refractivity contribution is -0.137. The highest BCUT2D eigenvalue weighted by Crippen LogP contribution is 2.34. The molecule has 0 bridgehead atoms. The van der Waals surface area contributed by atoms with Crippen LogP contribution >= 0.6 is 0 Å². The summed E-state index contributed by atoms with van der Waals surface area (Å²) in [5.74, 6) is -0.502. The van der Waals surface area contributed by atoms with Crippen molar-refractivity contribution in [1.82, 2.24) is 0 Å². The molecule has 6 heteroatoms. The van der Waals surface area contributed by atoms with Crippen LogP contribution in [0.2, 0.25) is 0 Å². The second kappa shape index (κ2) is 5.13. The molecule has 2 aromatic carbocycles. The van der Waals surface area contributed by atoms with E-state index in [0.29, 0.717) is 0 Å². The van der Waals surface area contributed by atoms with Crippen molar-refractivity contribution in [3.05, 3.63) is 65.0 Å². The van der Waals surface area contributed by atoms with Gasteiger partial charge in [0.2, 0.25) is 0 Å². The standard InChI is InChI=1S/C14H11F4NO/c15-10-4-1-8(2-5-10)13(20)11-7-9(14(16,17)18)3-6-12(11)19/h1-7,13,20H,19H2. The van der Waals surface area contributed by atoms with Crippen LogP contribution < -0.4 is 5.73 Å². The minimum absolute atomic E-state index is 0.0369. The van der Waals surface area contributed by atoms with E-state index in [9.17, 15) is 22.7 Å². The van der Waals surface area contributed by atoms with Crippen LogP contribution in [0.3, 0.4) is 0 Å². The molecule has 0 fully saturated rings. The molecule has 0 aliphatic carbocycles. The highest BCUT2D eigenvalue weighted by Gasteiger charge is 2.31. The summed E-state index contributed by atoms with van der Waals surface area (Å²) in [4.78, 5) is 0. The Balaban J connectivity index is 2.43. The lowest BCUT2D eigenvalue weighted by Gasteiger charge is -2.16. The number of nitrogens with two attached hydrogens (primary N) is 1. The average molecular weight is 285 g/mol. The van der Waals surface area contributed by atoms with E-state index in [2.05, 4.69) is 0 Å². The van der Waals surface area contributed by atoms with Gasteiger partial charge in [-0.15, -0.1) is 0 Å². The summed E-state index contributed by atoms with van der Waals surface area (Å²) in [5, 5.41) is 10.1. The van der Waals surface area contributed by atoms with Crippen molar-refractivity contribution < 1.29 is 22.7 Å².